The third-order valence-electron chi connectivity index (χ3n) is 11.6. The molecule has 0 saturated carbocycles. The summed E-state index contributed by atoms with van der Waals surface area (Å²) >= 11 is 12.3. The number of amides is 3. The van der Waals surface area contributed by atoms with Gasteiger partial charge in [-0.15, -0.1) is 0 Å². The summed E-state index contributed by atoms with van der Waals surface area (Å²) in [4.78, 5) is 42.0. The predicted octanol–water partition coefficient (Wildman–Crippen LogP) is 14.6. The molecule has 0 aliphatic carbocycles. The van der Waals surface area contributed by atoms with Gasteiger partial charge in [-0.3, -0.25) is 14.4 Å². The second-order valence-electron chi connectivity index (χ2n) is 19.3. The Morgan fingerprint density at radius 3 is 1.30 bits per heavy atom. The molecule has 15 heteroatoms. The smallest absolute Gasteiger partial charge is 0.398 e. The van der Waals surface area contributed by atoms with E-state index in [0.717, 1.165) is 46.5 Å². The van der Waals surface area contributed by atoms with E-state index in [-0.39, 0.29) is 72.8 Å². The van der Waals surface area contributed by atoms with Crippen LogP contribution in [0.25, 0.3) is 0 Å². The van der Waals surface area contributed by atoms with Crippen LogP contribution in [-0.2, 0) is 53.9 Å². The molecule has 71 heavy (non-hydrogen) atoms. The van der Waals surface area contributed by atoms with Gasteiger partial charge < -0.3 is 20.9 Å². The van der Waals surface area contributed by atoms with Crippen LogP contribution >= 0.6 is 23.2 Å². The van der Waals surface area contributed by atoms with Crippen molar-refractivity contribution in [2.24, 2.45) is 0 Å². The summed E-state index contributed by atoms with van der Waals surface area (Å²) in [5.74, 6) is -1.06. The largest absolute Gasteiger partial charge is 0.416 e. The van der Waals surface area contributed by atoms with E-state index in [4.69, 9.17) is 28.9 Å². The first kappa shape index (κ1) is 55.6. The summed E-state index contributed by atoms with van der Waals surface area (Å²) < 4.78 is 78.9. The number of benzene rings is 6. The zero-order chi connectivity index (χ0) is 52.5. The van der Waals surface area contributed by atoms with Gasteiger partial charge in [0.25, 0.3) is 11.8 Å². The minimum absolute atomic E-state index is 0.00717. The first-order valence-corrected chi connectivity index (χ1v) is 23.6. The highest BCUT2D eigenvalue weighted by Gasteiger charge is 2.32. The SMILES string of the molecule is CC(=O)Nc1ccc(Cl)cc1C(=O)N(CCc1cccc(C(F)(F)F)c1)Cc1ccc(C(C)(C)C)cc1.CC(C)(C)c1ccc(CN(CCc2cccc(C(F)(F)F)c2)C(=O)c2cc(Cl)ccc2N)cc1. The van der Waals surface area contributed by atoms with Crippen LogP contribution in [0.3, 0.4) is 0 Å². The van der Waals surface area contributed by atoms with Crippen LogP contribution < -0.4 is 11.1 Å². The van der Waals surface area contributed by atoms with Crippen LogP contribution in [0.5, 0.6) is 0 Å². The summed E-state index contributed by atoms with van der Waals surface area (Å²) in [7, 11) is 0. The Hall–Kier alpha value is -6.31. The van der Waals surface area contributed by atoms with Crippen molar-refractivity contribution in [2.45, 2.75) is 97.6 Å². The monoisotopic (exact) mass is 1020 g/mol. The van der Waals surface area contributed by atoms with Crippen molar-refractivity contribution < 1.29 is 40.7 Å². The van der Waals surface area contributed by atoms with E-state index < -0.39 is 29.4 Å². The highest BCUT2D eigenvalue weighted by molar-refractivity contribution is 6.31. The summed E-state index contributed by atoms with van der Waals surface area (Å²) in [6.07, 6.45) is -8.40. The highest BCUT2D eigenvalue weighted by Crippen LogP contribution is 2.32. The number of nitrogens with one attached hydrogen (secondary N) is 1. The molecule has 0 radical (unpaired) electrons. The molecule has 0 atom stereocenters. The quantitative estimate of drug-likeness (QED) is 0.0890. The van der Waals surface area contributed by atoms with Gasteiger partial charge in [-0.1, -0.05) is 150 Å². The Morgan fingerprint density at radius 2 is 0.901 bits per heavy atom. The van der Waals surface area contributed by atoms with Gasteiger partial charge in [0.05, 0.1) is 27.9 Å². The number of alkyl halides is 6. The molecule has 3 N–H and O–H groups in total. The lowest BCUT2D eigenvalue weighted by Crippen LogP contribution is -2.33. The number of nitrogen functional groups attached to an aromatic ring is 1. The molecular formula is C56H58Cl2F6N4O3. The molecular weight excluding hydrogens is 962 g/mol. The number of anilines is 2. The molecule has 3 amide bonds. The van der Waals surface area contributed by atoms with Crippen molar-refractivity contribution in [3.8, 4) is 0 Å². The lowest BCUT2D eigenvalue weighted by atomic mass is 9.86. The van der Waals surface area contributed by atoms with Crippen LogP contribution in [0.1, 0.15) is 114 Å². The maximum absolute atomic E-state index is 13.7. The number of hydrogen-bond acceptors (Lipinski definition) is 4. The van der Waals surface area contributed by atoms with Crippen molar-refractivity contribution in [2.75, 3.05) is 24.1 Å². The molecule has 0 bridgehead atoms. The van der Waals surface area contributed by atoms with E-state index in [2.05, 4.69) is 46.9 Å². The molecule has 0 aliphatic rings. The van der Waals surface area contributed by atoms with Gasteiger partial charge in [0, 0.05) is 48.8 Å². The van der Waals surface area contributed by atoms with Gasteiger partial charge in [0.1, 0.15) is 0 Å². The van der Waals surface area contributed by atoms with Crippen molar-refractivity contribution in [3.05, 3.63) is 199 Å². The standard InChI is InChI=1S/C29H30ClF3N2O2.C27H28ClF3N2O/c1-19(36)34-26-13-12-24(30)17-25(26)27(37)35(18-21-8-10-22(11-9-21)28(2,3)4)15-14-20-6-5-7-23(16-20)29(31,32)33;1-26(2,3)20-9-7-19(8-10-20)17-33(25(34)23-16-22(28)11-12-24(23)32)14-13-18-5-4-6-21(15-18)27(29,30)31/h5-13,16-17H,14-15,18H2,1-4H3,(H,34,36);4-12,15-16H,13-14,17,32H2,1-3H3. The van der Waals surface area contributed by atoms with Gasteiger partial charge in [-0.05, 0) is 106 Å². The average Bonchev–Trinajstić information content (AvgIpc) is 3.29. The fraction of sp³-hybridized carbons (Fsp3) is 0.304. The molecule has 0 aliphatic heterocycles. The highest BCUT2D eigenvalue weighted by atomic mass is 35.5. The fourth-order valence-electron chi connectivity index (χ4n) is 7.55. The van der Waals surface area contributed by atoms with E-state index in [9.17, 15) is 40.7 Å². The van der Waals surface area contributed by atoms with E-state index in [1.807, 2.05) is 48.5 Å². The average molecular weight is 1020 g/mol. The Bertz CT molecular complexity index is 2800. The van der Waals surface area contributed by atoms with Gasteiger partial charge in [0.2, 0.25) is 5.91 Å². The molecule has 6 aromatic rings. The van der Waals surface area contributed by atoms with E-state index in [0.29, 0.717) is 32.5 Å². The second-order valence-corrected chi connectivity index (χ2v) is 20.2. The van der Waals surface area contributed by atoms with Gasteiger partial charge in [0.15, 0.2) is 0 Å². The number of nitrogens with two attached hydrogens (primary N) is 1. The lowest BCUT2D eigenvalue weighted by molar-refractivity contribution is -0.138. The van der Waals surface area contributed by atoms with Gasteiger partial charge in [-0.25, -0.2) is 0 Å². The normalized spacial score (nSPS) is 11.9. The number of carbonyl (C=O) groups excluding carboxylic acids is 3. The molecule has 0 aromatic heterocycles. The topological polar surface area (TPSA) is 95.7 Å². The third kappa shape index (κ3) is 16.4. The molecule has 6 aromatic carbocycles. The van der Waals surface area contributed by atoms with E-state index in [1.165, 1.54) is 31.2 Å². The summed E-state index contributed by atoms with van der Waals surface area (Å²) in [5, 5.41) is 3.36. The summed E-state index contributed by atoms with van der Waals surface area (Å²) in [5.41, 5.74) is 10.7. The van der Waals surface area contributed by atoms with Crippen LogP contribution in [0.4, 0.5) is 37.7 Å². The molecule has 7 nitrogen and oxygen atoms in total. The molecule has 0 fully saturated rings. The minimum atomic E-state index is -4.45. The summed E-state index contributed by atoms with van der Waals surface area (Å²) in [6.45, 7) is 14.9. The van der Waals surface area contributed by atoms with Crippen molar-refractivity contribution in [1.29, 1.82) is 0 Å². The van der Waals surface area contributed by atoms with Gasteiger partial charge in [-0.2, -0.15) is 26.3 Å². The Kier molecular flexibility index (Phi) is 18.2. The first-order valence-electron chi connectivity index (χ1n) is 22.8. The minimum Gasteiger partial charge on any atom is -0.398 e. The zero-order valence-electron chi connectivity index (χ0n) is 40.7. The Morgan fingerprint density at radius 1 is 0.507 bits per heavy atom. The van der Waals surface area contributed by atoms with Crippen LogP contribution in [-0.4, -0.2) is 40.6 Å². The molecule has 0 saturated heterocycles. The number of halogens is 8. The molecule has 0 heterocycles. The maximum Gasteiger partial charge on any atom is 0.416 e. The third-order valence-corrected chi connectivity index (χ3v) is 12.0. The van der Waals surface area contributed by atoms with Crippen LogP contribution in [0.15, 0.2) is 133 Å². The van der Waals surface area contributed by atoms with E-state index in [1.54, 1.807) is 46.2 Å². The molecule has 0 unspecified atom stereocenters. The number of rotatable bonds is 13. The lowest BCUT2D eigenvalue weighted by Gasteiger charge is -2.25. The number of carbonyl (C=O) groups is 3. The zero-order valence-corrected chi connectivity index (χ0v) is 42.2. The summed E-state index contributed by atoms with van der Waals surface area (Å²) in [6, 6.07) is 35.4. The second kappa shape index (κ2) is 23.3. The Balaban J connectivity index is 0.000000265. The first-order chi connectivity index (χ1) is 33.1. The molecule has 376 valence electrons. The molecule has 0 spiro atoms. The maximum atomic E-state index is 13.7. The van der Waals surface area contributed by atoms with Crippen LogP contribution in [0, 0.1) is 0 Å². The number of nitrogens with zero attached hydrogens (tertiary/aromatic N) is 2. The van der Waals surface area contributed by atoms with Crippen molar-refractivity contribution in [1.82, 2.24) is 9.80 Å². The fourth-order valence-corrected chi connectivity index (χ4v) is 7.89. The predicted molar refractivity (Wildman–Crippen MR) is 272 cm³/mol. The number of hydrogen-bond donors (Lipinski definition) is 2. The van der Waals surface area contributed by atoms with Crippen molar-refractivity contribution in [3.63, 3.8) is 0 Å². The molecule has 6 rings (SSSR count). The van der Waals surface area contributed by atoms with E-state index >= 15 is 0 Å². The van der Waals surface area contributed by atoms with Gasteiger partial charge >= 0.3 is 12.4 Å². The van der Waals surface area contributed by atoms with Crippen LogP contribution in [0.2, 0.25) is 10.0 Å². The van der Waals surface area contributed by atoms with Crippen molar-refractivity contribution >= 4 is 52.3 Å². The Labute approximate surface area is 422 Å².